The molecular formula is C21H16F4N2O. The topological polar surface area (TPSA) is 25.4 Å². The van der Waals surface area contributed by atoms with Gasteiger partial charge in [-0.05, 0) is 48.0 Å². The van der Waals surface area contributed by atoms with Gasteiger partial charge in [-0.25, -0.2) is 4.39 Å². The first kappa shape index (κ1) is 18.3. The molecule has 2 aromatic carbocycles. The van der Waals surface area contributed by atoms with Crippen molar-refractivity contribution in [3.63, 3.8) is 0 Å². The molecule has 7 heteroatoms. The van der Waals surface area contributed by atoms with E-state index in [1.54, 1.807) is 36.5 Å². The second-order valence-electron chi connectivity index (χ2n) is 6.53. The van der Waals surface area contributed by atoms with Crippen LogP contribution in [-0.4, -0.2) is 17.8 Å². The van der Waals surface area contributed by atoms with Gasteiger partial charge in [-0.3, -0.25) is 4.98 Å². The molecule has 0 atom stereocenters. The summed E-state index contributed by atoms with van der Waals surface area (Å²) in [6.07, 6.45) is -2.78. The number of fused-ring (bicyclic) bond motifs is 1. The Morgan fingerprint density at radius 1 is 0.964 bits per heavy atom. The molecule has 3 aromatic rings. The highest BCUT2D eigenvalue weighted by molar-refractivity contribution is 5.72. The molecule has 0 aliphatic carbocycles. The second-order valence-corrected chi connectivity index (χ2v) is 6.53. The number of pyridine rings is 1. The fourth-order valence-corrected chi connectivity index (χ4v) is 3.32. The minimum Gasteiger partial charge on any atom is -0.483 e. The lowest BCUT2D eigenvalue weighted by Gasteiger charge is -2.18. The van der Waals surface area contributed by atoms with E-state index in [1.165, 1.54) is 18.2 Å². The van der Waals surface area contributed by atoms with E-state index in [9.17, 15) is 17.6 Å². The lowest BCUT2D eigenvalue weighted by Crippen LogP contribution is -2.19. The summed E-state index contributed by atoms with van der Waals surface area (Å²) in [6.45, 7) is -0.222. The van der Waals surface area contributed by atoms with Gasteiger partial charge in [0.2, 0.25) is 0 Å². The van der Waals surface area contributed by atoms with Gasteiger partial charge in [0, 0.05) is 36.1 Å². The molecule has 144 valence electrons. The fraction of sp³-hybridized carbons (Fsp3) is 0.190. The number of para-hydroxylation sites is 1. The van der Waals surface area contributed by atoms with E-state index in [-0.39, 0.29) is 11.6 Å². The molecule has 2 heterocycles. The van der Waals surface area contributed by atoms with Gasteiger partial charge < -0.3 is 9.64 Å². The van der Waals surface area contributed by atoms with Crippen LogP contribution >= 0.6 is 0 Å². The third kappa shape index (κ3) is 3.78. The molecule has 1 aliphatic heterocycles. The number of halogens is 4. The van der Waals surface area contributed by atoms with Crippen molar-refractivity contribution in [2.45, 2.75) is 19.3 Å². The number of aromatic nitrogens is 1. The summed E-state index contributed by atoms with van der Waals surface area (Å²) in [5.41, 5.74) is 3.93. The molecule has 1 aliphatic rings. The van der Waals surface area contributed by atoms with E-state index < -0.39 is 12.8 Å². The largest absolute Gasteiger partial charge is 0.483 e. The Labute approximate surface area is 159 Å². The molecule has 0 saturated heterocycles. The highest BCUT2D eigenvalue weighted by atomic mass is 19.4. The maximum absolute atomic E-state index is 13.2. The van der Waals surface area contributed by atoms with Gasteiger partial charge in [-0.2, -0.15) is 13.2 Å². The molecule has 0 bridgehead atoms. The van der Waals surface area contributed by atoms with Gasteiger partial charge in [0.05, 0.1) is 5.69 Å². The Morgan fingerprint density at radius 3 is 2.46 bits per heavy atom. The minimum absolute atomic E-state index is 0.140. The summed E-state index contributed by atoms with van der Waals surface area (Å²) in [5, 5.41) is 0. The van der Waals surface area contributed by atoms with Crippen LogP contribution in [0.15, 0.2) is 60.8 Å². The first-order valence-electron chi connectivity index (χ1n) is 8.67. The molecule has 28 heavy (non-hydrogen) atoms. The van der Waals surface area contributed by atoms with Crippen molar-refractivity contribution in [3.05, 3.63) is 77.7 Å². The number of ether oxygens (including phenoxy) is 1. The summed E-state index contributed by atoms with van der Waals surface area (Å²) in [6, 6.07) is 14.7. The van der Waals surface area contributed by atoms with Crippen LogP contribution in [0.5, 0.6) is 5.75 Å². The number of alkyl halides is 3. The Kier molecular flexibility index (Phi) is 4.66. The third-order valence-electron chi connectivity index (χ3n) is 4.59. The summed E-state index contributed by atoms with van der Waals surface area (Å²) in [4.78, 5) is 6.48. The normalized spacial score (nSPS) is 13.5. The maximum atomic E-state index is 13.2. The predicted octanol–water partition coefficient (Wildman–Crippen LogP) is 5.35. The van der Waals surface area contributed by atoms with E-state index in [0.717, 1.165) is 16.8 Å². The smallest absolute Gasteiger partial charge is 0.422 e. The average molecular weight is 388 g/mol. The van der Waals surface area contributed by atoms with E-state index in [0.29, 0.717) is 24.3 Å². The number of benzene rings is 2. The molecule has 1 aromatic heterocycles. The zero-order chi connectivity index (χ0) is 19.7. The quantitative estimate of drug-likeness (QED) is 0.564. The van der Waals surface area contributed by atoms with Crippen molar-refractivity contribution in [2.24, 2.45) is 0 Å². The van der Waals surface area contributed by atoms with Crippen molar-refractivity contribution in [1.29, 1.82) is 0 Å². The SMILES string of the molecule is Fc1ccc(N2Cc3ccnc(-c4ccccc4OCC(F)(F)F)c3C2)cc1. The summed E-state index contributed by atoms with van der Waals surface area (Å²) >= 11 is 0. The van der Waals surface area contributed by atoms with Crippen molar-refractivity contribution in [3.8, 4) is 17.0 Å². The summed E-state index contributed by atoms with van der Waals surface area (Å²) in [5.74, 6) is -0.167. The number of hydrogen-bond donors (Lipinski definition) is 0. The number of anilines is 1. The predicted molar refractivity (Wildman–Crippen MR) is 97.5 cm³/mol. The third-order valence-corrected chi connectivity index (χ3v) is 4.59. The Bertz CT molecular complexity index is 986. The fourth-order valence-electron chi connectivity index (χ4n) is 3.32. The minimum atomic E-state index is -4.42. The van der Waals surface area contributed by atoms with Crippen molar-refractivity contribution in [1.82, 2.24) is 4.98 Å². The van der Waals surface area contributed by atoms with Gasteiger partial charge in [-0.15, -0.1) is 0 Å². The first-order valence-corrected chi connectivity index (χ1v) is 8.67. The van der Waals surface area contributed by atoms with Crippen LogP contribution < -0.4 is 9.64 Å². The molecule has 0 radical (unpaired) electrons. The second kappa shape index (κ2) is 7.14. The van der Waals surface area contributed by atoms with Crippen LogP contribution in [0.25, 0.3) is 11.3 Å². The molecule has 4 rings (SSSR count). The summed E-state index contributed by atoms with van der Waals surface area (Å²) in [7, 11) is 0. The molecule has 0 N–H and O–H groups in total. The lowest BCUT2D eigenvalue weighted by atomic mass is 10.0. The zero-order valence-electron chi connectivity index (χ0n) is 14.7. The Morgan fingerprint density at radius 2 is 1.71 bits per heavy atom. The molecule has 0 amide bonds. The maximum Gasteiger partial charge on any atom is 0.422 e. The van der Waals surface area contributed by atoms with Crippen LogP contribution in [0.3, 0.4) is 0 Å². The van der Waals surface area contributed by atoms with Gasteiger partial charge in [0.15, 0.2) is 6.61 Å². The highest BCUT2D eigenvalue weighted by Gasteiger charge is 2.30. The molecule has 3 nitrogen and oxygen atoms in total. The van der Waals surface area contributed by atoms with E-state index in [2.05, 4.69) is 9.88 Å². The van der Waals surface area contributed by atoms with Gasteiger partial charge in [0.1, 0.15) is 11.6 Å². The van der Waals surface area contributed by atoms with Crippen molar-refractivity contribution >= 4 is 5.69 Å². The molecule has 0 saturated carbocycles. The van der Waals surface area contributed by atoms with Crippen LogP contribution in [0.2, 0.25) is 0 Å². The van der Waals surface area contributed by atoms with Gasteiger partial charge >= 0.3 is 6.18 Å². The van der Waals surface area contributed by atoms with Crippen molar-refractivity contribution in [2.75, 3.05) is 11.5 Å². The standard InChI is InChI=1S/C21H16F4N2O/c22-15-5-7-16(8-6-15)27-11-14-9-10-26-20(18(14)12-27)17-3-1-2-4-19(17)28-13-21(23,24)25/h1-10H,11-13H2. The summed E-state index contributed by atoms with van der Waals surface area (Å²) < 4.78 is 56.0. The molecule has 0 unspecified atom stereocenters. The van der Waals surface area contributed by atoms with E-state index >= 15 is 0 Å². The Hall–Kier alpha value is -3.09. The van der Waals surface area contributed by atoms with Gasteiger partial charge in [-0.1, -0.05) is 12.1 Å². The van der Waals surface area contributed by atoms with E-state index in [1.807, 2.05) is 6.07 Å². The average Bonchev–Trinajstić information content (AvgIpc) is 3.11. The molecular weight excluding hydrogens is 372 g/mol. The zero-order valence-corrected chi connectivity index (χ0v) is 14.7. The molecule has 0 spiro atoms. The van der Waals surface area contributed by atoms with Crippen LogP contribution in [0, 0.1) is 5.82 Å². The number of hydrogen-bond acceptors (Lipinski definition) is 3. The van der Waals surface area contributed by atoms with E-state index in [4.69, 9.17) is 4.74 Å². The molecule has 0 fully saturated rings. The van der Waals surface area contributed by atoms with Crippen molar-refractivity contribution < 1.29 is 22.3 Å². The number of rotatable bonds is 4. The number of nitrogens with zero attached hydrogens (tertiary/aromatic N) is 2. The van der Waals surface area contributed by atoms with Crippen LogP contribution in [0.1, 0.15) is 11.1 Å². The highest BCUT2D eigenvalue weighted by Crippen LogP contribution is 2.37. The monoisotopic (exact) mass is 388 g/mol. The Balaban J connectivity index is 1.66. The lowest BCUT2D eigenvalue weighted by molar-refractivity contribution is -0.153. The first-order chi connectivity index (χ1) is 13.4. The van der Waals surface area contributed by atoms with Crippen LogP contribution in [-0.2, 0) is 13.1 Å². The van der Waals surface area contributed by atoms with Crippen LogP contribution in [0.4, 0.5) is 23.2 Å². The van der Waals surface area contributed by atoms with Gasteiger partial charge in [0.25, 0.3) is 0 Å².